The molecule has 0 unspecified atom stereocenters. The van der Waals surface area contributed by atoms with Crippen LogP contribution in [0.4, 0.5) is 5.69 Å². The molecular formula is C17H18N2O4. The Morgan fingerprint density at radius 1 is 1.00 bits per heavy atom. The van der Waals surface area contributed by atoms with Gasteiger partial charge in [-0.15, -0.1) is 0 Å². The summed E-state index contributed by atoms with van der Waals surface area (Å²) in [6.45, 7) is 1.69. The normalized spacial score (nSPS) is 9.96. The summed E-state index contributed by atoms with van der Waals surface area (Å²) in [5, 5.41) is 2.71. The summed E-state index contributed by atoms with van der Waals surface area (Å²) < 4.78 is 10.6. The van der Waals surface area contributed by atoms with Crippen LogP contribution >= 0.6 is 0 Å². The lowest BCUT2D eigenvalue weighted by Crippen LogP contribution is -2.20. The Kier molecular flexibility index (Phi) is 5.57. The SMILES string of the molecule is Cc1cccc(OCC(=O)Nc2ccc(OCC(N)=O)cc2)c1. The molecule has 0 spiro atoms. The van der Waals surface area contributed by atoms with Gasteiger partial charge in [-0.2, -0.15) is 0 Å². The van der Waals surface area contributed by atoms with Crippen molar-refractivity contribution in [3.63, 3.8) is 0 Å². The van der Waals surface area contributed by atoms with E-state index in [-0.39, 0.29) is 19.1 Å². The maximum Gasteiger partial charge on any atom is 0.262 e. The van der Waals surface area contributed by atoms with Gasteiger partial charge in [0.25, 0.3) is 11.8 Å². The maximum absolute atomic E-state index is 11.8. The average Bonchev–Trinajstić information content (AvgIpc) is 2.52. The van der Waals surface area contributed by atoms with Crippen molar-refractivity contribution in [2.45, 2.75) is 6.92 Å². The molecule has 0 bridgehead atoms. The number of benzene rings is 2. The van der Waals surface area contributed by atoms with E-state index in [1.807, 2.05) is 25.1 Å². The number of anilines is 1. The smallest absolute Gasteiger partial charge is 0.262 e. The molecule has 0 fully saturated rings. The Morgan fingerprint density at radius 3 is 2.35 bits per heavy atom. The van der Waals surface area contributed by atoms with Crippen LogP contribution < -0.4 is 20.5 Å². The molecule has 0 saturated carbocycles. The predicted octanol–water partition coefficient (Wildman–Crippen LogP) is 1.88. The van der Waals surface area contributed by atoms with Gasteiger partial charge in [0.1, 0.15) is 11.5 Å². The van der Waals surface area contributed by atoms with Gasteiger partial charge in [0.15, 0.2) is 13.2 Å². The van der Waals surface area contributed by atoms with Gasteiger partial charge in [-0.1, -0.05) is 12.1 Å². The van der Waals surface area contributed by atoms with Crippen LogP contribution in [0.2, 0.25) is 0 Å². The van der Waals surface area contributed by atoms with E-state index in [1.54, 1.807) is 30.3 Å². The second kappa shape index (κ2) is 7.84. The lowest BCUT2D eigenvalue weighted by molar-refractivity contribution is -0.120. The van der Waals surface area contributed by atoms with Gasteiger partial charge < -0.3 is 20.5 Å². The number of hydrogen-bond donors (Lipinski definition) is 2. The fourth-order valence-electron chi connectivity index (χ4n) is 1.84. The molecule has 2 aromatic carbocycles. The van der Waals surface area contributed by atoms with Gasteiger partial charge in [0.2, 0.25) is 0 Å². The minimum atomic E-state index is -0.546. The standard InChI is InChI=1S/C17H18N2O4/c1-12-3-2-4-15(9-12)23-11-17(21)19-13-5-7-14(8-6-13)22-10-16(18)20/h2-9H,10-11H2,1H3,(H2,18,20)(H,19,21). The summed E-state index contributed by atoms with van der Waals surface area (Å²) in [6.07, 6.45) is 0. The van der Waals surface area contributed by atoms with Crippen molar-refractivity contribution in [3.8, 4) is 11.5 Å². The fourth-order valence-corrected chi connectivity index (χ4v) is 1.84. The minimum absolute atomic E-state index is 0.0800. The summed E-state index contributed by atoms with van der Waals surface area (Å²) in [5.41, 5.74) is 6.66. The van der Waals surface area contributed by atoms with E-state index >= 15 is 0 Å². The number of aryl methyl sites for hydroxylation is 1. The predicted molar refractivity (Wildman–Crippen MR) is 86.4 cm³/mol. The molecule has 2 rings (SSSR count). The van der Waals surface area contributed by atoms with E-state index in [0.717, 1.165) is 5.56 Å². The summed E-state index contributed by atoms with van der Waals surface area (Å²) in [7, 11) is 0. The summed E-state index contributed by atoms with van der Waals surface area (Å²) >= 11 is 0. The van der Waals surface area contributed by atoms with E-state index < -0.39 is 5.91 Å². The third kappa shape index (κ3) is 5.70. The fraction of sp³-hybridized carbons (Fsp3) is 0.176. The maximum atomic E-state index is 11.8. The third-order valence-corrected chi connectivity index (χ3v) is 2.88. The molecule has 120 valence electrons. The third-order valence-electron chi connectivity index (χ3n) is 2.88. The van der Waals surface area contributed by atoms with Crippen LogP contribution in [-0.2, 0) is 9.59 Å². The van der Waals surface area contributed by atoms with Crippen LogP contribution in [0.3, 0.4) is 0 Å². The van der Waals surface area contributed by atoms with Crippen molar-refractivity contribution >= 4 is 17.5 Å². The van der Waals surface area contributed by atoms with Crippen LogP contribution in [0.15, 0.2) is 48.5 Å². The first kappa shape index (κ1) is 16.4. The molecular weight excluding hydrogens is 296 g/mol. The number of ether oxygens (including phenoxy) is 2. The van der Waals surface area contributed by atoms with Crippen LogP contribution in [0.1, 0.15) is 5.56 Å². The number of amides is 2. The summed E-state index contributed by atoms with van der Waals surface area (Å²) in [4.78, 5) is 22.5. The van der Waals surface area contributed by atoms with Crippen molar-refractivity contribution in [3.05, 3.63) is 54.1 Å². The molecule has 0 saturated heterocycles. The first-order valence-corrected chi connectivity index (χ1v) is 7.03. The highest BCUT2D eigenvalue weighted by Gasteiger charge is 2.05. The average molecular weight is 314 g/mol. The highest BCUT2D eigenvalue weighted by molar-refractivity contribution is 5.91. The second-order valence-corrected chi connectivity index (χ2v) is 4.93. The molecule has 0 aliphatic heterocycles. The van der Waals surface area contributed by atoms with Crippen LogP contribution in [0.5, 0.6) is 11.5 Å². The van der Waals surface area contributed by atoms with E-state index in [9.17, 15) is 9.59 Å². The van der Waals surface area contributed by atoms with E-state index in [4.69, 9.17) is 15.2 Å². The van der Waals surface area contributed by atoms with Crippen molar-refractivity contribution < 1.29 is 19.1 Å². The number of hydrogen-bond acceptors (Lipinski definition) is 4. The quantitative estimate of drug-likeness (QED) is 0.816. The van der Waals surface area contributed by atoms with Crippen molar-refractivity contribution in [1.82, 2.24) is 0 Å². The van der Waals surface area contributed by atoms with Gasteiger partial charge in [0, 0.05) is 5.69 Å². The minimum Gasteiger partial charge on any atom is -0.484 e. The Hall–Kier alpha value is -3.02. The lowest BCUT2D eigenvalue weighted by atomic mass is 10.2. The number of carbonyl (C=O) groups is 2. The zero-order valence-corrected chi connectivity index (χ0v) is 12.7. The number of rotatable bonds is 7. The zero-order valence-electron chi connectivity index (χ0n) is 12.7. The molecule has 0 aliphatic carbocycles. The summed E-state index contributed by atoms with van der Waals surface area (Å²) in [5.74, 6) is 0.334. The van der Waals surface area contributed by atoms with Crippen molar-refractivity contribution in [2.75, 3.05) is 18.5 Å². The Labute approximate surface area is 134 Å². The monoisotopic (exact) mass is 314 g/mol. The number of carbonyl (C=O) groups excluding carboxylic acids is 2. The van der Waals surface area contributed by atoms with E-state index in [1.165, 1.54) is 0 Å². The second-order valence-electron chi connectivity index (χ2n) is 4.93. The van der Waals surface area contributed by atoms with Gasteiger partial charge in [-0.05, 0) is 48.9 Å². The number of nitrogens with one attached hydrogen (secondary N) is 1. The molecule has 0 aliphatic rings. The van der Waals surface area contributed by atoms with Crippen LogP contribution in [0.25, 0.3) is 0 Å². The molecule has 2 amide bonds. The topological polar surface area (TPSA) is 90.7 Å². The van der Waals surface area contributed by atoms with Gasteiger partial charge >= 0.3 is 0 Å². The van der Waals surface area contributed by atoms with Gasteiger partial charge in [-0.3, -0.25) is 9.59 Å². The highest BCUT2D eigenvalue weighted by Crippen LogP contribution is 2.16. The van der Waals surface area contributed by atoms with Crippen molar-refractivity contribution in [2.24, 2.45) is 5.73 Å². The molecule has 3 N–H and O–H groups in total. The molecule has 0 aromatic heterocycles. The molecule has 0 heterocycles. The molecule has 2 aromatic rings. The van der Waals surface area contributed by atoms with Crippen molar-refractivity contribution in [1.29, 1.82) is 0 Å². The molecule has 6 nitrogen and oxygen atoms in total. The number of primary amides is 1. The van der Waals surface area contributed by atoms with Gasteiger partial charge in [0.05, 0.1) is 0 Å². The molecule has 0 atom stereocenters. The van der Waals surface area contributed by atoms with E-state index in [0.29, 0.717) is 17.2 Å². The first-order valence-electron chi connectivity index (χ1n) is 7.03. The lowest BCUT2D eigenvalue weighted by Gasteiger charge is -2.09. The summed E-state index contributed by atoms with van der Waals surface area (Å²) in [6, 6.07) is 14.1. The first-order chi connectivity index (χ1) is 11.0. The van der Waals surface area contributed by atoms with Gasteiger partial charge in [-0.25, -0.2) is 0 Å². The molecule has 0 radical (unpaired) electrons. The van der Waals surface area contributed by atoms with E-state index in [2.05, 4.69) is 5.32 Å². The molecule has 23 heavy (non-hydrogen) atoms. The Bertz CT molecular complexity index is 683. The highest BCUT2D eigenvalue weighted by atomic mass is 16.5. The van der Waals surface area contributed by atoms with Crippen LogP contribution in [-0.4, -0.2) is 25.0 Å². The Morgan fingerprint density at radius 2 is 1.70 bits per heavy atom. The number of nitrogens with two attached hydrogens (primary N) is 1. The largest absolute Gasteiger partial charge is 0.484 e. The van der Waals surface area contributed by atoms with Crippen LogP contribution in [0, 0.1) is 6.92 Å². The molecule has 6 heteroatoms. The zero-order chi connectivity index (χ0) is 16.7. The Balaban J connectivity index is 1.81.